The van der Waals surface area contributed by atoms with Crippen molar-refractivity contribution in [2.75, 3.05) is 12.4 Å². The zero-order valence-electron chi connectivity index (χ0n) is 15.5. The predicted molar refractivity (Wildman–Crippen MR) is 113 cm³/mol. The number of nitrogens with zero attached hydrogens (tertiary/aromatic N) is 1. The number of anilines is 2. The van der Waals surface area contributed by atoms with Gasteiger partial charge in [-0.15, -0.1) is 0 Å². The molecule has 0 saturated heterocycles. The summed E-state index contributed by atoms with van der Waals surface area (Å²) in [5, 5.41) is 7.73. The molecule has 0 fully saturated rings. The number of nitrogens with one attached hydrogen (secondary N) is 2. The van der Waals surface area contributed by atoms with Crippen LogP contribution in [-0.4, -0.2) is 18.7 Å². The van der Waals surface area contributed by atoms with Crippen LogP contribution in [0.1, 0.15) is 22.8 Å². The van der Waals surface area contributed by atoms with E-state index in [2.05, 4.69) is 34.0 Å². The number of hydrazone groups is 1. The van der Waals surface area contributed by atoms with E-state index in [1.165, 1.54) is 12.0 Å². The number of hydrogen-bond donors (Lipinski definition) is 2. The van der Waals surface area contributed by atoms with E-state index >= 15 is 0 Å². The summed E-state index contributed by atoms with van der Waals surface area (Å²) in [7, 11) is 1.54. The lowest BCUT2D eigenvalue weighted by atomic mass is 10.1. The summed E-state index contributed by atoms with van der Waals surface area (Å²) in [5.41, 5.74) is 6.84. The van der Waals surface area contributed by atoms with E-state index in [9.17, 15) is 4.79 Å². The molecule has 5 nitrogen and oxygen atoms in total. The molecule has 0 aromatic heterocycles. The molecular weight excluding hydrogens is 370 g/mol. The van der Waals surface area contributed by atoms with Gasteiger partial charge in [-0.1, -0.05) is 42.1 Å². The molecule has 1 heterocycles. The number of benzene rings is 3. The topological polar surface area (TPSA) is 62.7 Å². The molecular formula is C22H19N3O2S. The van der Waals surface area contributed by atoms with E-state index in [-0.39, 0.29) is 5.91 Å². The number of carbonyl (C=O) groups is 1. The molecule has 1 aliphatic heterocycles. The van der Waals surface area contributed by atoms with Crippen LogP contribution in [0.15, 0.2) is 81.6 Å². The second-order valence-corrected chi connectivity index (χ2v) is 7.36. The van der Waals surface area contributed by atoms with Crippen molar-refractivity contribution in [3.63, 3.8) is 0 Å². The van der Waals surface area contributed by atoms with Gasteiger partial charge in [-0.25, -0.2) is 5.43 Å². The van der Waals surface area contributed by atoms with Crippen LogP contribution in [0.5, 0.6) is 5.75 Å². The fourth-order valence-corrected chi connectivity index (χ4v) is 3.92. The van der Waals surface area contributed by atoms with Crippen molar-refractivity contribution in [3.8, 4) is 5.75 Å². The summed E-state index contributed by atoms with van der Waals surface area (Å²) in [6.07, 6.45) is 0. The Kier molecular flexibility index (Phi) is 5.04. The normalized spacial score (nSPS) is 12.4. The Morgan fingerprint density at radius 2 is 1.75 bits per heavy atom. The average molecular weight is 389 g/mol. The Hall–Kier alpha value is -3.25. The van der Waals surface area contributed by atoms with Gasteiger partial charge in [0.1, 0.15) is 5.75 Å². The third kappa shape index (κ3) is 3.59. The van der Waals surface area contributed by atoms with Gasteiger partial charge in [-0.3, -0.25) is 4.79 Å². The minimum atomic E-state index is -0.308. The number of carbonyl (C=O) groups excluding carboxylic acids is 1. The van der Waals surface area contributed by atoms with Gasteiger partial charge in [-0.05, 0) is 48.9 Å². The Bertz CT molecular complexity index is 1080. The van der Waals surface area contributed by atoms with Gasteiger partial charge in [0.25, 0.3) is 5.91 Å². The van der Waals surface area contributed by atoms with Crippen molar-refractivity contribution >= 4 is 34.8 Å². The first-order chi connectivity index (χ1) is 13.7. The minimum absolute atomic E-state index is 0.308. The van der Waals surface area contributed by atoms with Crippen molar-refractivity contribution in [3.05, 3.63) is 77.9 Å². The molecule has 0 aliphatic carbocycles. The van der Waals surface area contributed by atoms with Gasteiger partial charge < -0.3 is 10.1 Å². The maximum atomic E-state index is 12.4. The third-order valence-electron chi connectivity index (χ3n) is 4.45. The fourth-order valence-electron chi connectivity index (χ4n) is 2.96. The zero-order valence-corrected chi connectivity index (χ0v) is 16.3. The number of para-hydroxylation sites is 2. The quantitative estimate of drug-likeness (QED) is 0.378. The van der Waals surface area contributed by atoms with Gasteiger partial charge in [0.15, 0.2) is 0 Å². The lowest BCUT2D eigenvalue weighted by molar-refractivity contribution is 0.0952. The van der Waals surface area contributed by atoms with Gasteiger partial charge in [0, 0.05) is 9.79 Å². The molecule has 1 aliphatic rings. The first kappa shape index (κ1) is 18.1. The monoisotopic (exact) mass is 389 g/mol. The summed E-state index contributed by atoms with van der Waals surface area (Å²) < 4.78 is 5.23. The van der Waals surface area contributed by atoms with Crippen LogP contribution >= 0.6 is 11.8 Å². The van der Waals surface area contributed by atoms with E-state index in [0.717, 1.165) is 27.5 Å². The molecule has 3 aromatic rings. The van der Waals surface area contributed by atoms with Crippen molar-refractivity contribution in [1.29, 1.82) is 0 Å². The second-order valence-electron chi connectivity index (χ2n) is 6.27. The smallest absolute Gasteiger partial charge is 0.275 e. The molecule has 0 atom stereocenters. The van der Waals surface area contributed by atoms with Crippen molar-refractivity contribution in [1.82, 2.24) is 5.43 Å². The van der Waals surface area contributed by atoms with Gasteiger partial charge in [0.05, 0.1) is 29.8 Å². The van der Waals surface area contributed by atoms with E-state index in [1.807, 2.05) is 37.3 Å². The highest BCUT2D eigenvalue weighted by atomic mass is 32.2. The molecule has 6 heteroatoms. The Morgan fingerprint density at radius 3 is 2.61 bits per heavy atom. The number of fused-ring (bicyclic) bond motifs is 2. The Balaban J connectivity index is 1.53. The minimum Gasteiger partial charge on any atom is -0.496 e. The van der Waals surface area contributed by atoms with Gasteiger partial charge >= 0.3 is 0 Å². The van der Waals surface area contributed by atoms with E-state index in [0.29, 0.717) is 11.3 Å². The molecule has 3 aromatic carbocycles. The summed E-state index contributed by atoms with van der Waals surface area (Å²) in [5.74, 6) is 0.207. The first-order valence-electron chi connectivity index (χ1n) is 8.81. The van der Waals surface area contributed by atoms with Crippen LogP contribution in [0, 0.1) is 0 Å². The van der Waals surface area contributed by atoms with Crippen LogP contribution in [0.4, 0.5) is 11.4 Å². The molecule has 1 amide bonds. The number of rotatable bonds is 4. The average Bonchev–Trinajstić information content (AvgIpc) is 2.75. The Morgan fingerprint density at radius 1 is 1.00 bits per heavy atom. The molecule has 2 N–H and O–H groups in total. The summed E-state index contributed by atoms with van der Waals surface area (Å²) >= 11 is 1.74. The van der Waals surface area contributed by atoms with Crippen LogP contribution in [0.3, 0.4) is 0 Å². The standard InChI is InChI=1S/C22H19N3O2S/c1-14(24-25-22(26)16-7-3-5-9-19(16)27-2)15-11-12-21-18(13-15)23-17-8-4-6-10-20(17)28-21/h3-13,23H,1-2H3,(H,25,26)/b24-14-. The lowest BCUT2D eigenvalue weighted by Gasteiger charge is -2.21. The number of amides is 1. The second kappa shape index (κ2) is 7.78. The Labute approximate surface area is 167 Å². The molecule has 28 heavy (non-hydrogen) atoms. The maximum Gasteiger partial charge on any atom is 0.275 e. The largest absolute Gasteiger partial charge is 0.496 e. The fraction of sp³-hybridized carbons (Fsp3) is 0.0909. The summed E-state index contributed by atoms with van der Waals surface area (Å²) in [4.78, 5) is 14.8. The predicted octanol–water partition coefficient (Wildman–Crippen LogP) is 5.06. The van der Waals surface area contributed by atoms with Crippen molar-refractivity contribution in [2.45, 2.75) is 16.7 Å². The third-order valence-corrected chi connectivity index (χ3v) is 5.60. The van der Waals surface area contributed by atoms with Gasteiger partial charge in [0.2, 0.25) is 0 Å². The molecule has 0 spiro atoms. The van der Waals surface area contributed by atoms with Crippen molar-refractivity contribution < 1.29 is 9.53 Å². The highest BCUT2D eigenvalue weighted by molar-refractivity contribution is 7.99. The first-order valence-corrected chi connectivity index (χ1v) is 9.63. The van der Waals surface area contributed by atoms with E-state index in [4.69, 9.17) is 4.74 Å². The maximum absolute atomic E-state index is 12.4. The SMILES string of the molecule is COc1ccccc1C(=O)N/N=C(/C)c1ccc2c(c1)Nc1ccccc1S2. The number of methoxy groups -OCH3 is 1. The molecule has 0 bridgehead atoms. The molecule has 0 unspecified atom stereocenters. The van der Waals surface area contributed by atoms with Crippen LogP contribution < -0.4 is 15.5 Å². The highest BCUT2D eigenvalue weighted by Crippen LogP contribution is 2.44. The number of hydrogen-bond acceptors (Lipinski definition) is 5. The lowest BCUT2D eigenvalue weighted by Crippen LogP contribution is -2.20. The molecule has 140 valence electrons. The molecule has 0 radical (unpaired) electrons. The zero-order chi connectivity index (χ0) is 19.5. The van der Waals surface area contributed by atoms with Crippen LogP contribution in [0.25, 0.3) is 0 Å². The van der Waals surface area contributed by atoms with E-state index in [1.54, 1.807) is 30.0 Å². The summed E-state index contributed by atoms with van der Waals surface area (Å²) in [6, 6.07) is 21.4. The van der Waals surface area contributed by atoms with E-state index < -0.39 is 0 Å². The van der Waals surface area contributed by atoms with Crippen LogP contribution in [0.2, 0.25) is 0 Å². The highest BCUT2D eigenvalue weighted by Gasteiger charge is 2.16. The number of ether oxygens (including phenoxy) is 1. The van der Waals surface area contributed by atoms with Gasteiger partial charge in [-0.2, -0.15) is 5.10 Å². The summed E-state index contributed by atoms with van der Waals surface area (Å²) in [6.45, 7) is 1.87. The molecule has 4 rings (SSSR count). The molecule has 0 saturated carbocycles. The van der Waals surface area contributed by atoms with Crippen molar-refractivity contribution in [2.24, 2.45) is 5.10 Å². The van der Waals surface area contributed by atoms with Crippen LogP contribution in [-0.2, 0) is 0 Å².